The number of rotatable bonds is 3. The topological polar surface area (TPSA) is 36.9 Å². The molecule has 16 heavy (non-hydrogen) atoms. The van der Waals surface area contributed by atoms with Gasteiger partial charge in [-0.2, -0.15) is 5.26 Å². The lowest BCUT2D eigenvalue weighted by molar-refractivity contribution is 0.414. The molecule has 0 aliphatic heterocycles. The molecule has 1 unspecified atom stereocenters. The van der Waals surface area contributed by atoms with Crippen LogP contribution in [0.3, 0.4) is 0 Å². The van der Waals surface area contributed by atoms with Gasteiger partial charge in [0.1, 0.15) is 11.3 Å². The van der Waals surface area contributed by atoms with E-state index in [1.807, 2.05) is 24.3 Å². The Morgan fingerprint density at radius 1 is 1.31 bits per heavy atom. The summed E-state index contributed by atoms with van der Waals surface area (Å²) in [5.74, 6) is 1.54. The van der Waals surface area contributed by atoms with Gasteiger partial charge >= 0.3 is 0 Å². The van der Waals surface area contributed by atoms with Crippen LogP contribution in [0.15, 0.2) is 34.7 Å². The minimum atomic E-state index is 0.192. The van der Waals surface area contributed by atoms with Crippen molar-refractivity contribution in [1.29, 1.82) is 5.26 Å². The Bertz CT molecular complexity index is 486. The molecular formula is C14H15NO. The number of benzene rings is 1. The highest BCUT2D eigenvalue weighted by Crippen LogP contribution is 2.31. The number of para-hydroxylation sites is 1. The van der Waals surface area contributed by atoms with Crippen molar-refractivity contribution in [1.82, 2.24) is 0 Å². The number of fused-ring (bicyclic) bond motifs is 1. The average Bonchev–Trinajstić information content (AvgIpc) is 2.68. The van der Waals surface area contributed by atoms with E-state index in [4.69, 9.17) is 9.68 Å². The van der Waals surface area contributed by atoms with Crippen molar-refractivity contribution in [3.63, 3.8) is 0 Å². The summed E-state index contributed by atoms with van der Waals surface area (Å²) in [6.45, 7) is 4.24. The van der Waals surface area contributed by atoms with Crippen LogP contribution < -0.4 is 0 Å². The van der Waals surface area contributed by atoms with Gasteiger partial charge in [0.2, 0.25) is 0 Å². The summed E-state index contributed by atoms with van der Waals surface area (Å²) in [7, 11) is 0. The summed E-state index contributed by atoms with van der Waals surface area (Å²) in [6.07, 6.45) is 0.511. The largest absolute Gasteiger partial charge is 0.461 e. The second-order valence-electron chi connectivity index (χ2n) is 4.40. The van der Waals surface area contributed by atoms with Crippen LogP contribution >= 0.6 is 0 Å². The summed E-state index contributed by atoms with van der Waals surface area (Å²) < 4.78 is 5.79. The Labute approximate surface area is 95.5 Å². The third kappa shape index (κ3) is 1.94. The average molecular weight is 213 g/mol. The van der Waals surface area contributed by atoms with Gasteiger partial charge in [-0.05, 0) is 18.1 Å². The standard InChI is InChI=1S/C14H15NO/c1-10(2)12(7-8-15)14-9-11-5-3-4-6-13(11)16-14/h3-6,9-10,12H,7H2,1-2H3. The van der Waals surface area contributed by atoms with E-state index in [2.05, 4.69) is 26.0 Å². The van der Waals surface area contributed by atoms with Gasteiger partial charge in [0.05, 0.1) is 6.07 Å². The van der Waals surface area contributed by atoms with Gasteiger partial charge in [0.25, 0.3) is 0 Å². The molecule has 0 saturated heterocycles. The maximum atomic E-state index is 8.83. The first-order valence-corrected chi connectivity index (χ1v) is 5.58. The van der Waals surface area contributed by atoms with Crippen LogP contribution in [-0.2, 0) is 0 Å². The molecule has 2 heteroatoms. The quantitative estimate of drug-likeness (QED) is 0.770. The van der Waals surface area contributed by atoms with E-state index in [0.29, 0.717) is 12.3 Å². The molecule has 1 heterocycles. The SMILES string of the molecule is CC(C)C(CC#N)c1cc2ccccc2o1. The normalized spacial score (nSPS) is 12.9. The molecule has 1 aromatic heterocycles. The van der Waals surface area contributed by atoms with E-state index in [1.54, 1.807) is 0 Å². The maximum Gasteiger partial charge on any atom is 0.134 e. The fourth-order valence-corrected chi connectivity index (χ4v) is 1.95. The van der Waals surface area contributed by atoms with Crippen LogP contribution in [0.5, 0.6) is 0 Å². The second-order valence-corrected chi connectivity index (χ2v) is 4.40. The van der Waals surface area contributed by atoms with Gasteiger partial charge in [-0.3, -0.25) is 0 Å². The van der Waals surface area contributed by atoms with Gasteiger partial charge in [-0.1, -0.05) is 32.0 Å². The van der Waals surface area contributed by atoms with E-state index in [1.165, 1.54) is 0 Å². The minimum Gasteiger partial charge on any atom is -0.461 e. The van der Waals surface area contributed by atoms with E-state index >= 15 is 0 Å². The molecule has 2 aromatic rings. The zero-order chi connectivity index (χ0) is 11.5. The molecule has 0 fully saturated rings. The third-order valence-corrected chi connectivity index (χ3v) is 2.93. The number of nitrogens with zero attached hydrogens (tertiary/aromatic N) is 1. The summed E-state index contributed by atoms with van der Waals surface area (Å²) in [6, 6.07) is 12.2. The lowest BCUT2D eigenvalue weighted by Gasteiger charge is -2.14. The van der Waals surface area contributed by atoms with Crippen LogP contribution in [0, 0.1) is 17.2 Å². The summed E-state index contributed by atoms with van der Waals surface area (Å²) in [4.78, 5) is 0. The number of hydrogen-bond acceptors (Lipinski definition) is 2. The van der Waals surface area contributed by atoms with Crippen LogP contribution in [-0.4, -0.2) is 0 Å². The molecule has 2 nitrogen and oxygen atoms in total. The first-order valence-electron chi connectivity index (χ1n) is 5.58. The van der Waals surface area contributed by atoms with Gasteiger partial charge < -0.3 is 4.42 Å². The lowest BCUT2D eigenvalue weighted by Crippen LogP contribution is -2.04. The van der Waals surface area contributed by atoms with E-state index in [9.17, 15) is 0 Å². The molecule has 0 spiro atoms. The fraction of sp³-hybridized carbons (Fsp3) is 0.357. The molecule has 0 bridgehead atoms. The van der Waals surface area contributed by atoms with Crippen molar-refractivity contribution in [3.8, 4) is 6.07 Å². The predicted octanol–water partition coefficient (Wildman–Crippen LogP) is 4.09. The molecule has 1 aromatic carbocycles. The molecule has 82 valence electrons. The number of nitriles is 1. The Balaban J connectivity index is 2.41. The third-order valence-electron chi connectivity index (χ3n) is 2.93. The molecule has 1 atom stereocenters. The van der Waals surface area contributed by atoms with Crippen molar-refractivity contribution in [2.24, 2.45) is 5.92 Å². The number of hydrogen-bond donors (Lipinski definition) is 0. The Morgan fingerprint density at radius 3 is 2.69 bits per heavy atom. The highest BCUT2D eigenvalue weighted by Gasteiger charge is 2.19. The second kappa shape index (κ2) is 4.40. The van der Waals surface area contributed by atoms with Crippen LogP contribution in [0.4, 0.5) is 0 Å². The molecule has 0 radical (unpaired) electrons. The molecule has 2 rings (SSSR count). The van der Waals surface area contributed by atoms with E-state index < -0.39 is 0 Å². The molecular weight excluding hydrogens is 198 g/mol. The highest BCUT2D eigenvalue weighted by molar-refractivity contribution is 5.77. The lowest BCUT2D eigenvalue weighted by atomic mass is 9.91. The summed E-state index contributed by atoms with van der Waals surface area (Å²) in [5, 5.41) is 9.94. The zero-order valence-electron chi connectivity index (χ0n) is 9.60. The molecule has 0 aliphatic carbocycles. The molecule has 0 N–H and O–H groups in total. The van der Waals surface area contributed by atoms with E-state index in [0.717, 1.165) is 16.7 Å². The fourth-order valence-electron chi connectivity index (χ4n) is 1.95. The minimum absolute atomic E-state index is 0.192. The van der Waals surface area contributed by atoms with Crippen molar-refractivity contribution in [2.75, 3.05) is 0 Å². The molecule has 0 saturated carbocycles. The van der Waals surface area contributed by atoms with Crippen LogP contribution in [0.25, 0.3) is 11.0 Å². The maximum absolute atomic E-state index is 8.83. The monoisotopic (exact) mass is 213 g/mol. The zero-order valence-corrected chi connectivity index (χ0v) is 9.60. The van der Waals surface area contributed by atoms with Crippen molar-refractivity contribution < 1.29 is 4.42 Å². The van der Waals surface area contributed by atoms with Gasteiger partial charge in [0, 0.05) is 17.7 Å². The van der Waals surface area contributed by atoms with Crippen molar-refractivity contribution >= 4 is 11.0 Å². The molecule has 0 aliphatic rings. The van der Waals surface area contributed by atoms with Crippen LogP contribution in [0.1, 0.15) is 31.9 Å². The van der Waals surface area contributed by atoms with Gasteiger partial charge in [-0.25, -0.2) is 0 Å². The summed E-state index contributed by atoms with van der Waals surface area (Å²) >= 11 is 0. The number of furan rings is 1. The van der Waals surface area contributed by atoms with Crippen molar-refractivity contribution in [3.05, 3.63) is 36.1 Å². The highest BCUT2D eigenvalue weighted by atomic mass is 16.3. The molecule has 0 amide bonds. The van der Waals surface area contributed by atoms with Gasteiger partial charge in [0.15, 0.2) is 0 Å². The predicted molar refractivity (Wildman–Crippen MR) is 64.0 cm³/mol. The Hall–Kier alpha value is -1.75. The van der Waals surface area contributed by atoms with Crippen molar-refractivity contribution in [2.45, 2.75) is 26.2 Å². The van der Waals surface area contributed by atoms with Gasteiger partial charge in [-0.15, -0.1) is 0 Å². The van der Waals surface area contributed by atoms with E-state index in [-0.39, 0.29) is 5.92 Å². The smallest absolute Gasteiger partial charge is 0.134 e. The Kier molecular flexibility index (Phi) is 2.96. The Morgan fingerprint density at radius 2 is 2.06 bits per heavy atom. The first-order chi connectivity index (χ1) is 7.72. The summed E-state index contributed by atoms with van der Waals surface area (Å²) in [5.41, 5.74) is 0.904. The van der Waals surface area contributed by atoms with Crippen LogP contribution in [0.2, 0.25) is 0 Å². The first kappa shape index (κ1) is 10.8.